The summed E-state index contributed by atoms with van der Waals surface area (Å²) in [6.45, 7) is 4.20. The van der Waals surface area contributed by atoms with E-state index in [9.17, 15) is 4.79 Å². The molecule has 0 atom stereocenters. The topological polar surface area (TPSA) is 26.8 Å². The molecule has 31 heavy (non-hydrogen) atoms. The van der Waals surface area contributed by atoms with Gasteiger partial charge in [-0.1, -0.05) is 0 Å². The van der Waals surface area contributed by atoms with Gasteiger partial charge in [0.05, 0.1) is 0 Å². The Morgan fingerprint density at radius 3 is 2.48 bits per heavy atom. The summed E-state index contributed by atoms with van der Waals surface area (Å²) in [5.74, 6) is 0.297. The number of aryl methyl sites for hydroxylation is 1. The van der Waals surface area contributed by atoms with Crippen molar-refractivity contribution in [3.63, 3.8) is 0 Å². The molecule has 1 fully saturated rings. The monoisotopic (exact) mass is 533 g/mol. The number of rotatable bonds is 4. The molecule has 2 aromatic carbocycles. The van der Waals surface area contributed by atoms with E-state index in [1.807, 2.05) is 0 Å². The first kappa shape index (κ1) is 21.2. The SMILES string of the molecule is CN(C)c1cccc([Te]c2c(C(=O)N3CCCCC3)cc3c4c2CCCN4CCC3)c1. The van der Waals surface area contributed by atoms with Gasteiger partial charge in [-0.15, -0.1) is 0 Å². The molecule has 0 radical (unpaired) electrons. The molecule has 0 saturated carbocycles. The molecule has 3 aliphatic heterocycles. The van der Waals surface area contributed by atoms with Gasteiger partial charge in [-0.05, 0) is 0 Å². The van der Waals surface area contributed by atoms with Crippen LogP contribution in [-0.4, -0.2) is 72.0 Å². The summed E-state index contributed by atoms with van der Waals surface area (Å²) in [7, 11) is 4.21. The predicted octanol–water partition coefficient (Wildman–Crippen LogP) is 2.73. The molecule has 3 heterocycles. The maximum absolute atomic E-state index is 13.8. The molecule has 4 nitrogen and oxygen atoms in total. The van der Waals surface area contributed by atoms with Gasteiger partial charge in [-0.25, -0.2) is 0 Å². The standard InChI is InChI=1S/C26H33N3OTe/c1-27(2)20-10-6-11-21(18-20)31-25-22-12-8-16-28-15-7-9-19(24(22)28)17-23(25)26(30)29-13-4-3-5-14-29/h6,10-11,17-18H,3-5,7-9,12-16H2,1-2H3. The summed E-state index contributed by atoms with van der Waals surface area (Å²) in [6.07, 6.45) is 8.23. The van der Waals surface area contributed by atoms with Crippen molar-refractivity contribution >= 4 is 45.4 Å². The number of anilines is 2. The van der Waals surface area contributed by atoms with Crippen molar-refractivity contribution in [3.8, 4) is 0 Å². The van der Waals surface area contributed by atoms with Crippen molar-refractivity contribution in [1.29, 1.82) is 0 Å². The summed E-state index contributed by atoms with van der Waals surface area (Å²) in [5, 5.41) is 0. The number of likely N-dealkylation sites (tertiary alicyclic amines) is 1. The second-order valence-corrected chi connectivity index (χ2v) is 12.4. The van der Waals surface area contributed by atoms with Gasteiger partial charge in [-0.2, -0.15) is 0 Å². The third-order valence-corrected chi connectivity index (χ3v) is 10.2. The number of hydrogen-bond donors (Lipinski definition) is 0. The van der Waals surface area contributed by atoms with Crippen molar-refractivity contribution < 1.29 is 4.79 Å². The molecule has 1 saturated heterocycles. The molecule has 5 heteroatoms. The Morgan fingerprint density at radius 2 is 1.71 bits per heavy atom. The predicted molar refractivity (Wildman–Crippen MR) is 131 cm³/mol. The number of carbonyl (C=O) groups excluding carboxylic acids is 1. The first-order chi connectivity index (χ1) is 15.1. The van der Waals surface area contributed by atoms with E-state index in [1.54, 1.807) is 0 Å². The average Bonchev–Trinajstić information content (AvgIpc) is 2.81. The summed E-state index contributed by atoms with van der Waals surface area (Å²) in [6, 6.07) is 11.3. The molecule has 0 aliphatic carbocycles. The second kappa shape index (κ2) is 9.04. The number of amides is 1. The fourth-order valence-electron chi connectivity index (χ4n) is 5.32. The minimum absolute atomic E-state index is 0.297. The van der Waals surface area contributed by atoms with Crippen molar-refractivity contribution in [1.82, 2.24) is 4.90 Å². The number of nitrogens with zero attached hydrogens (tertiary/aromatic N) is 3. The Balaban J connectivity index is 1.61. The van der Waals surface area contributed by atoms with Gasteiger partial charge in [0, 0.05) is 0 Å². The third kappa shape index (κ3) is 4.20. The van der Waals surface area contributed by atoms with Gasteiger partial charge >= 0.3 is 197 Å². The molecule has 164 valence electrons. The van der Waals surface area contributed by atoms with E-state index < -0.39 is 20.9 Å². The Bertz CT molecular complexity index is 979. The average molecular weight is 531 g/mol. The Labute approximate surface area is 196 Å². The molecule has 0 unspecified atom stereocenters. The van der Waals surface area contributed by atoms with Gasteiger partial charge in [0.1, 0.15) is 0 Å². The first-order valence-corrected chi connectivity index (χ1v) is 14.1. The van der Waals surface area contributed by atoms with Crippen molar-refractivity contribution in [2.75, 3.05) is 50.1 Å². The van der Waals surface area contributed by atoms with Crippen LogP contribution in [0.15, 0.2) is 30.3 Å². The second-order valence-electron chi connectivity index (χ2n) is 9.28. The molecule has 2 aromatic rings. The first-order valence-electron chi connectivity index (χ1n) is 11.8. The van der Waals surface area contributed by atoms with Crippen LogP contribution in [-0.2, 0) is 12.8 Å². The van der Waals surface area contributed by atoms with Crippen LogP contribution in [0.2, 0.25) is 0 Å². The molecule has 1 amide bonds. The summed E-state index contributed by atoms with van der Waals surface area (Å²) < 4.78 is 2.84. The van der Waals surface area contributed by atoms with E-state index in [1.165, 1.54) is 62.1 Å². The van der Waals surface area contributed by atoms with E-state index in [0.717, 1.165) is 44.3 Å². The zero-order valence-corrected chi connectivity index (χ0v) is 21.2. The third-order valence-electron chi connectivity index (χ3n) is 6.90. The summed E-state index contributed by atoms with van der Waals surface area (Å²) in [4.78, 5) is 20.7. The molecular weight excluding hydrogens is 498 g/mol. The van der Waals surface area contributed by atoms with Crippen LogP contribution in [0, 0.1) is 0 Å². The van der Waals surface area contributed by atoms with E-state index in [2.05, 4.69) is 59.1 Å². The van der Waals surface area contributed by atoms with Crippen LogP contribution < -0.4 is 17.0 Å². The van der Waals surface area contributed by atoms with Gasteiger partial charge in [0.2, 0.25) is 0 Å². The quantitative estimate of drug-likeness (QED) is 0.569. The Kier molecular flexibility index (Phi) is 6.17. The zero-order chi connectivity index (χ0) is 21.4. The normalized spacial score (nSPS) is 18.0. The van der Waals surface area contributed by atoms with Crippen molar-refractivity contribution in [3.05, 3.63) is 47.0 Å². The molecule has 5 rings (SSSR count). The van der Waals surface area contributed by atoms with Crippen LogP contribution in [0.1, 0.15) is 53.6 Å². The van der Waals surface area contributed by atoms with Gasteiger partial charge in [-0.3, -0.25) is 0 Å². The van der Waals surface area contributed by atoms with Crippen LogP contribution in [0.25, 0.3) is 0 Å². The van der Waals surface area contributed by atoms with E-state index in [4.69, 9.17) is 0 Å². The van der Waals surface area contributed by atoms with E-state index in [0.29, 0.717) is 5.91 Å². The summed E-state index contributed by atoms with van der Waals surface area (Å²) >= 11 is -0.652. The Morgan fingerprint density at radius 1 is 0.935 bits per heavy atom. The van der Waals surface area contributed by atoms with Gasteiger partial charge < -0.3 is 0 Å². The van der Waals surface area contributed by atoms with Gasteiger partial charge in [0.25, 0.3) is 0 Å². The van der Waals surface area contributed by atoms with Crippen molar-refractivity contribution in [2.45, 2.75) is 44.9 Å². The molecule has 0 N–H and O–H groups in total. The molecular formula is C26H33N3OTe. The van der Waals surface area contributed by atoms with Crippen LogP contribution >= 0.6 is 0 Å². The van der Waals surface area contributed by atoms with E-state index in [-0.39, 0.29) is 0 Å². The number of piperidine rings is 1. The van der Waals surface area contributed by atoms with Crippen LogP contribution in [0.3, 0.4) is 0 Å². The summed E-state index contributed by atoms with van der Waals surface area (Å²) in [5.41, 5.74) is 6.73. The molecule has 0 aromatic heterocycles. The van der Waals surface area contributed by atoms with E-state index >= 15 is 0 Å². The van der Waals surface area contributed by atoms with Crippen LogP contribution in [0.4, 0.5) is 11.4 Å². The Hall–Kier alpha value is -1.70. The molecule has 0 spiro atoms. The van der Waals surface area contributed by atoms with Crippen LogP contribution in [0.5, 0.6) is 0 Å². The fraction of sp³-hybridized carbons (Fsp3) is 0.500. The number of benzene rings is 2. The van der Waals surface area contributed by atoms with Gasteiger partial charge in [0.15, 0.2) is 0 Å². The molecule has 3 aliphatic rings. The molecule has 0 bridgehead atoms. The minimum atomic E-state index is -0.652. The zero-order valence-electron chi connectivity index (χ0n) is 18.8. The fourth-order valence-corrected chi connectivity index (χ4v) is 8.57. The number of hydrogen-bond acceptors (Lipinski definition) is 3. The maximum atomic E-state index is 13.8. The number of carbonyl (C=O) groups is 1. The van der Waals surface area contributed by atoms with Crippen molar-refractivity contribution in [2.24, 2.45) is 0 Å².